The summed E-state index contributed by atoms with van der Waals surface area (Å²) in [4.78, 5) is 19.5. The molecule has 0 spiro atoms. The van der Waals surface area contributed by atoms with Crippen molar-refractivity contribution in [3.05, 3.63) is 63.3 Å². The van der Waals surface area contributed by atoms with Crippen LogP contribution in [0.1, 0.15) is 35.5 Å². The number of aromatic nitrogens is 2. The van der Waals surface area contributed by atoms with Gasteiger partial charge in [-0.15, -0.1) is 12.3 Å². The molecule has 0 aliphatic carbocycles. The van der Waals surface area contributed by atoms with Crippen LogP contribution in [0.3, 0.4) is 0 Å². The van der Waals surface area contributed by atoms with Gasteiger partial charge in [-0.25, -0.2) is 4.98 Å². The Morgan fingerprint density at radius 1 is 1.30 bits per heavy atom. The number of aromatic amines is 1. The zero-order valence-electron chi connectivity index (χ0n) is 11.6. The molecule has 0 radical (unpaired) electrons. The van der Waals surface area contributed by atoms with Crippen molar-refractivity contribution in [1.82, 2.24) is 9.97 Å². The molecule has 102 valence electrons. The van der Waals surface area contributed by atoms with Crippen LogP contribution in [0.2, 0.25) is 0 Å². The number of hydrogen-bond donors (Lipinski definition) is 1. The molecule has 2 rings (SSSR count). The number of H-pyrrole nitrogens is 1. The summed E-state index contributed by atoms with van der Waals surface area (Å²) in [7, 11) is 0. The fourth-order valence-corrected chi connectivity index (χ4v) is 2.15. The first-order valence-corrected chi connectivity index (χ1v) is 6.76. The van der Waals surface area contributed by atoms with Crippen LogP contribution in [0.4, 0.5) is 0 Å². The second kappa shape index (κ2) is 6.72. The quantitative estimate of drug-likeness (QED) is 0.668. The van der Waals surface area contributed by atoms with Crippen molar-refractivity contribution in [1.29, 1.82) is 0 Å². The summed E-state index contributed by atoms with van der Waals surface area (Å²) in [6.45, 7) is 1.89. The Hall–Kier alpha value is -2.34. The second-order valence-corrected chi connectivity index (χ2v) is 4.80. The van der Waals surface area contributed by atoms with Gasteiger partial charge in [0.15, 0.2) is 0 Å². The van der Waals surface area contributed by atoms with E-state index in [9.17, 15) is 4.79 Å². The van der Waals surface area contributed by atoms with Gasteiger partial charge in [-0.1, -0.05) is 30.3 Å². The highest BCUT2D eigenvalue weighted by Gasteiger charge is 2.08. The van der Waals surface area contributed by atoms with Gasteiger partial charge in [-0.3, -0.25) is 4.79 Å². The Kier molecular flexibility index (Phi) is 4.73. The molecule has 20 heavy (non-hydrogen) atoms. The number of rotatable bonds is 5. The molecule has 0 bridgehead atoms. The topological polar surface area (TPSA) is 45.8 Å². The van der Waals surface area contributed by atoms with Gasteiger partial charge in [0.2, 0.25) is 0 Å². The third kappa shape index (κ3) is 3.58. The summed E-state index contributed by atoms with van der Waals surface area (Å²) >= 11 is 0. The van der Waals surface area contributed by atoms with E-state index in [1.54, 1.807) is 0 Å². The minimum atomic E-state index is -0.0444. The molecule has 0 amide bonds. The standard InChI is InChI=1S/C17H18N2O/c1-3-4-6-11-16-18-13(2)15(17(20)19-16)12-14-9-7-5-8-10-14/h1,5,7-10H,4,6,11-12H2,2H3,(H,18,19,20). The van der Waals surface area contributed by atoms with Crippen LogP contribution < -0.4 is 5.56 Å². The Balaban J connectivity index is 2.19. The Bertz CT molecular complexity index is 666. The highest BCUT2D eigenvalue weighted by molar-refractivity contribution is 5.26. The van der Waals surface area contributed by atoms with Crippen LogP contribution in [-0.2, 0) is 12.8 Å². The number of nitrogens with zero attached hydrogens (tertiary/aromatic N) is 1. The molecule has 1 aromatic heterocycles. The van der Waals surface area contributed by atoms with Crippen LogP contribution in [0.5, 0.6) is 0 Å². The molecule has 0 aliphatic rings. The second-order valence-electron chi connectivity index (χ2n) is 4.80. The van der Waals surface area contributed by atoms with E-state index in [1.807, 2.05) is 37.3 Å². The molecule has 0 saturated heterocycles. The normalized spacial score (nSPS) is 10.2. The van der Waals surface area contributed by atoms with Gasteiger partial charge >= 0.3 is 0 Å². The predicted octanol–water partition coefficient (Wildman–Crippen LogP) is 2.63. The Morgan fingerprint density at radius 3 is 2.70 bits per heavy atom. The first kappa shape index (κ1) is 14.1. The van der Waals surface area contributed by atoms with E-state index in [4.69, 9.17) is 6.42 Å². The molecule has 0 fully saturated rings. The monoisotopic (exact) mass is 266 g/mol. The SMILES string of the molecule is C#CCCCc1nc(C)c(Cc2ccccc2)c(=O)[nH]1. The summed E-state index contributed by atoms with van der Waals surface area (Å²) in [6, 6.07) is 9.94. The number of hydrogen-bond acceptors (Lipinski definition) is 2. The minimum absolute atomic E-state index is 0.0444. The third-order valence-electron chi connectivity index (χ3n) is 3.23. The number of terminal acetylenes is 1. The highest BCUT2D eigenvalue weighted by atomic mass is 16.1. The predicted molar refractivity (Wildman–Crippen MR) is 80.6 cm³/mol. The van der Waals surface area contributed by atoms with Crippen molar-refractivity contribution in [3.8, 4) is 12.3 Å². The van der Waals surface area contributed by atoms with Crippen LogP contribution >= 0.6 is 0 Å². The van der Waals surface area contributed by atoms with Crippen LogP contribution in [0, 0.1) is 19.3 Å². The van der Waals surface area contributed by atoms with Crippen LogP contribution in [-0.4, -0.2) is 9.97 Å². The first-order chi connectivity index (χ1) is 9.70. The molecule has 3 heteroatoms. The van der Waals surface area contributed by atoms with E-state index >= 15 is 0 Å². The molecule has 0 atom stereocenters. The molecule has 1 N–H and O–H groups in total. The van der Waals surface area contributed by atoms with Gasteiger partial charge in [-0.05, 0) is 18.9 Å². The van der Waals surface area contributed by atoms with E-state index in [-0.39, 0.29) is 5.56 Å². The van der Waals surface area contributed by atoms with E-state index < -0.39 is 0 Å². The molecule has 2 aromatic rings. The molecule has 0 saturated carbocycles. The van der Waals surface area contributed by atoms with Gasteiger partial charge in [0, 0.05) is 30.5 Å². The van der Waals surface area contributed by atoms with E-state index in [0.717, 1.165) is 29.1 Å². The average Bonchev–Trinajstić information content (AvgIpc) is 2.44. The lowest BCUT2D eigenvalue weighted by Gasteiger charge is -2.07. The summed E-state index contributed by atoms with van der Waals surface area (Å²) in [5, 5.41) is 0. The van der Waals surface area contributed by atoms with E-state index in [2.05, 4.69) is 15.9 Å². The largest absolute Gasteiger partial charge is 0.310 e. The van der Waals surface area contributed by atoms with Crippen molar-refractivity contribution >= 4 is 0 Å². The summed E-state index contributed by atoms with van der Waals surface area (Å²) in [6.07, 6.45) is 8.09. The fourth-order valence-electron chi connectivity index (χ4n) is 2.15. The molecular weight excluding hydrogens is 248 g/mol. The molecule has 3 nitrogen and oxygen atoms in total. The van der Waals surface area contributed by atoms with Gasteiger partial charge in [0.05, 0.1) is 0 Å². The minimum Gasteiger partial charge on any atom is -0.310 e. The van der Waals surface area contributed by atoms with Crippen molar-refractivity contribution in [2.75, 3.05) is 0 Å². The van der Waals surface area contributed by atoms with E-state index in [0.29, 0.717) is 19.3 Å². The van der Waals surface area contributed by atoms with E-state index in [1.165, 1.54) is 0 Å². The van der Waals surface area contributed by atoms with Gasteiger partial charge in [-0.2, -0.15) is 0 Å². The molecule has 0 aliphatic heterocycles. The summed E-state index contributed by atoms with van der Waals surface area (Å²) in [5.74, 6) is 3.31. The first-order valence-electron chi connectivity index (χ1n) is 6.76. The van der Waals surface area contributed by atoms with Gasteiger partial charge in [0.25, 0.3) is 5.56 Å². The van der Waals surface area contributed by atoms with Crippen LogP contribution in [0.25, 0.3) is 0 Å². The Labute approximate surface area is 119 Å². The molecule has 1 aromatic carbocycles. The number of aryl methyl sites for hydroxylation is 2. The van der Waals surface area contributed by atoms with Crippen molar-refractivity contribution in [2.45, 2.75) is 32.6 Å². The molecule has 1 heterocycles. The van der Waals surface area contributed by atoms with Gasteiger partial charge < -0.3 is 4.98 Å². The molecular formula is C17H18N2O. The van der Waals surface area contributed by atoms with Crippen molar-refractivity contribution < 1.29 is 0 Å². The lowest BCUT2D eigenvalue weighted by Crippen LogP contribution is -2.19. The summed E-state index contributed by atoms with van der Waals surface area (Å²) in [5.41, 5.74) is 2.60. The number of unbranched alkanes of at least 4 members (excludes halogenated alkanes) is 1. The maximum absolute atomic E-state index is 12.2. The zero-order chi connectivity index (χ0) is 14.4. The Morgan fingerprint density at radius 2 is 2.05 bits per heavy atom. The fraction of sp³-hybridized carbons (Fsp3) is 0.294. The van der Waals surface area contributed by atoms with Crippen molar-refractivity contribution in [2.24, 2.45) is 0 Å². The highest BCUT2D eigenvalue weighted by Crippen LogP contribution is 2.09. The average molecular weight is 266 g/mol. The lowest BCUT2D eigenvalue weighted by atomic mass is 10.1. The maximum Gasteiger partial charge on any atom is 0.254 e. The summed E-state index contributed by atoms with van der Waals surface area (Å²) < 4.78 is 0. The van der Waals surface area contributed by atoms with Crippen LogP contribution in [0.15, 0.2) is 35.1 Å². The lowest BCUT2D eigenvalue weighted by molar-refractivity contribution is 0.773. The van der Waals surface area contributed by atoms with Gasteiger partial charge in [0.1, 0.15) is 5.82 Å². The smallest absolute Gasteiger partial charge is 0.254 e. The molecule has 0 unspecified atom stereocenters. The number of benzene rings is 1. The zero-order valence-corrected chi connectivity index (χ0v) is 11.6. The van der Waals surface area contributed by atoms with Crippen molar-refractivity contribution in [3.63, 3.8) is 0 Å². The maximum atomic E-state index is 12.2. The third-order valence-corrected chi connectivity index (χ3v) is 3.23. The number of nitrogens with one attached hydrogen (secondary N) is 1.